The summed E-state index contributed by atoms with van der Waals surface area (Å²) in [5.41, 5.74) is 1.54. The molecule has 0 radical (unpaired) electrons. The number of hydrogen-bond acceptors (Lipinski definition) is 3. The summed E-state index contributed by atoms with van der Waals surface area (Å²) in [6.45, 7) is -1.11. The van der Waals surface area contributed by atoms with E-state index in [1.165, 1.54) is 31.4 Å². The number of rotatable bonds is 5. The number of carbonyl (C=O) groups excluding carboxylic acids is 1. The quantitative estimate of drug-likeness (QED) is 0.870. The Labute approximate surface area is 137 Å². The van der Waals surface area contributed by atoms with Crippen LogP contribution in [0.5, 0.6) is 11.5 Å². The molecule has 0 aliphatic heterocycles. The fourth-order valence-electron chi connectivity index (χ4n) is 1.91. The van der Waals surface area contributed by atoms with E-state index in [-0.39, 0.29) is 5.75 Å². The summed E-state index contributed by atoms with van der Waals surface area (Å²) in [5.74, 6) is -0.00306. The molecule has 0 aliphatic rings. The second kappa shape index (κ2) is 7.28. The maximum atomic E-state index is 12.2. The lowest BCUT2D eigenvalue weighted by atomic mass is 10.1. The molecule has 0 unspecified atom stereocenters. The summed E-state index contributed by atoms with van der Waals surface area (Å²) in [7, 11) is 1.47. The van der Waals surface area contributed by atoms with Crippen molar-refractivity contribution in [2.75, 3.05) is 12.4 Å². The van der Waals surface area contributed by atoms with Crippen LogP contribution in [-0.4, -0.2) is 19.6 Å². The highest BCUT2D eigenvalue weighted by atomic mass is 35.5. The van der Waals surface area contributed by atoms with Crippen molar-refractivity contribution < 1.29 is 23.0 Å². The Morgan fingerprint density at radius 3 is 2.43 bits per heavy atom. The lowest BCUT2D eigenvalue weighted by Gasteiger charge is -2.12. The van der Waals surface area contributed by atoms with Crippen LogP contribution in [0, 0.1) is 6.92 Å². The van der Waals surface area contributed by atoms with Crippen LogP contribution in [0.4, 0.5) is 14.5 Å². The van der Waals surface area contributed by atoms with E-state index >= 15 is 0 Å². The average Bonchev–Trinajstić information content (AvgIpc) is 2.50. The molecule has 1 amide bonds. The van der Waals surface area contributed by atoms with Crippen molar-refractivity contribution in [2.45, 2.75) is 13.5 Å². The van der Waals surface area contributed by atoms with Gasteiger partial charge in [0.15, 0.2) is 0 Å². The van der Waals surface area contributed by atoms with Gasteiger partial charge in [0.25, 0.3) is 5.91 Å². The fourth-order valence-corrected chi connectivity index (χ4v) is 2.07. The van der Waals surface area contributed by atoms with Crippen LogP contribution >= 0.6 is 11.6 Å². The van der Waals surface area contributed by atoms with Crippen LogP contribution in [0.25, 0.3) is 0 Å². The summed E-state index contributed by atoms with van der Waals surface area (Å²) >= 11 is 6.01. The van der Waals surface area contributed by atoms with Gasteiger partial charge in [0.05, 0.1) is 12.8 Å². The number of anilines is 1. The molecular formula is C16H14ClF2NO3. The smallest absolute Gasteiger partial charge is 0.387 e. The molecule has 0 atom stereocenters. The molecule has 0 heterocycles. The minimum Gasteiger partial charge on any atom is -0.495 e. The summed E-state index contributed by atoms with van der Waals surface area (Å²) in [5, 5.41) is 3.22. The lowest BCUT2D eigenvalue weighted by Crippen LogP contribution is -2.13. The first-order chi connectivity index (χ1) is 10.9. The molecule has 23 heavy (non-hydrogen) atoms. The van der Waals surface area contributed by atoms with Gasteiger partial charge in [0.1, 0.15) is 11.5 Å². The summed E-state index contributed by atoms with van der Waals surface area (Å²) in [6, 6.07) is 8.67. The molecule has 4 nitrogen and oxygen atoms in total. The molecule has 0 aromatic heterocycles. The number of nitrogens with one attached hydrogen (secondary N) is 1. The minimum atomic E-state index is -2.91. The Kier molecular flexibility index (Phi) is 5.39. The Morgan fingerprint density at radius 1 is 1.22 bits per heavy atom. The highest BCUT2D eigenvalue weighted by Crippen LogP contribution is 2.31. The maximum Gasteiger partial charge on any atom is 0.387 e. The molecule has 2 aromatic rings. The number of halogens is 3. The van der Waals surface area contributed by atoms with E-state index in [0.29, 0.717) is 22.0 Å². The van der Waals surface area contributed by atoms with Crippen LogP contribution in [-0.2, 0) is 0 Å². The third-order valence-electron chi connectivity index (χ3n) is 3.07. The third-order valence-corrected chi connectivity index (χ3v) is 3.48. The number of alkyl halides is 2. The molecule has 122 valence electrons. The Morgan fingerprint density at radius 2 is 1.87 bits per heavy atom. The summed E-state index contributed by atoms with van der Waals surface area (Å²) in [6.07, 6.45) is 0. The zero-order valence-electron chi connectivity index (χ0n) is 12.4. The van der Waals surface area contributed by atoms with E-state index in [4.69, 9.17) is 16.3 Å². The lowest BCUT2D eigenvalue weighted by molar-refractivity contribution is -0.0498. The van der Waals surface area contributed by atoms with Crippen molar-refractivity contribution in [3.05, 3.63) is 52.5 Å². The predicted molar refractivity (Wildman–Crippen MR) is 83.8 cm³/mol. The average molecular weight is 342 g/mol. The molecule has 0 saturated carbocycles. The highest BCUT2D eigenvalue weighted by molar-refractivity contribution is 6.31. The first kappa shape index (κ1) is 17.0. The van der Waals surface area contributed by atoms with Crippen LogP contribution < -0.4 is 14.8 Å². The van der Waals surface area contributed by atoms with Gasteiger partial charge in [-0.3, -0.25) is 4.79 Å². The summed E-state index contributed by atoms with van der Waals surface area (Å²) < 4.78 is 33.6. The van der Waals surface area contributed by atoms with Crippen molar-refractivity contribution in [2.24, 2.45) is 0 Å². The number of amides is 1. The molecule has 0 bridgehead atoms. The van der Waals surface area contributed by atoms with Crippen LogP contribution in [0.3, 0.4) is 0 Å². The topological polar surface area (TPSA) is 47.6 Å². The van der Waals surface area contributed by atoms with E-state index < -0.39 is 12.5 Å². The predicted octanol–water partition coefficient (Wildman–Crippen LogP) is 4.51. The van der Waals surface area contributed by atoms with E-state index in [0.717, 1.165) is 5.56 Å². The molecule has 2 rings (SSSR count). The molecule has 0 saturated heterocycles. The van der Waals surface area contributed by atoms with E-state index in [1.807, 2.05) is 0 Å². The van der Waals surface area contributed by atoms with Gasteiger partial charge >= 0.3 is 6.61 Å². The zero-order chi connectivity index (χ0) is 17.0. The van der Waals surface area contributed by atoms with Crippen molar-refractivity contribution in [1.29, 1.82) is 0 Å². The Balaban J connectivity index is 2.17. The maximum absolute atomic E-state index is 12.2. The van der Waals surface area contributed by atoms with E-state index in [1.54, 1.807) is 19.1 Å². The fraction of sp³-hybridized carbons (Fsp3) is 0.188. The normalized spacial score (nSPS) is 10.5. The van der Waals surface area contributed by atoms with Gasteiger partial charge in [0.2, 0.25) is 0 Å². The van der Waals surface area contributed by atoms with Crippen molar-refractivity contribution in [3.63, 3.8) is 0 Å². The van der Waals surface area contributed by atoms with Gasteiger partial charge in [-0.2, -0.15) is 8.78 Å². The summed E-state index contributed by atoms with van der Waals surface area (Å²) in [4.78, 5) is 12.2. The largest absolute Gasteiger partial charge is 0.495 e. The van der Waals surface area contributed by atoms with Crippen LogP contribution in [0.1, 0.15) is 15.9 Å². The van der Waals surface area contributed by atoms with Gasteiger partial charge in [-0.1, -0.05) is 11.6 Å². The van der Waals surface area contributed by atoms with E-state index in [2.05, 4.69) is 10.1 Å². The number of hydrogen-bond donors (Lipinski definition) is 1. The van der Waals surface area contributed by atoms with Crippen molar-refractivity contribution in [3.8, 4) is 11.5 Å². The standard InChI is InChI=1S/C16H14ClF2NO3/c1-9-7-13(14(22-2)8-12(9)17)20-15(21)10-3-5-11(6-4-10)23-16(18)19/h3-8,16H,1-2H3,(H,20,21). The third kappa shape index (κ3) is 4.32. The highest BCUT2D eigenvalue weighted by Gasteiger charge is 2.12. The SMILES string of the molecule is COc1cc(Cl)c(C)cc1NC(=O)c1ccc(OC(F)F)cc1. The number of aryl methyl sites for hydroxylation is 1. The van der Waals surface area contributed by atoms with Gasteiger partial charge in [-0.15, -0.1) is 0 Å². The Hall–Kier alpha value is -2.34. The van der Waals surface area contributed by atoms with Crippen LogP contribution in [0.2, 0.25) is 5.02 Å². The van der Waals surface area contributed by atoms with Gasteiger partial charge in [0, 0.05) is 16.7 Å². The zero-order valence-corrected chi connectivity index (χ0v) is 13.2. The molecule has 2 aromatic carbocycles. The van der Waals surface area contributed by atoms with Gasteiger partial charge in [-0.25, -0.2) is 0 Å². The first-order valence-corrected chi connectivity index (χ1v) is 6.99. The number of ether oxygens (including phenoxy) is 2. The number of carbonyl (C=O) groups is 1. The minimum absolute atomic E-state index is 0.0172. The Bertz CT molecular complexity index is 705. The first-order valence-electron chi connectivity index (χ1n) is 6.61. The second-order valence-electron chi connectivity index (χ2n) is 4.66. The molecular weight excluding hydrogens is 328 g/mol. The van der Waals surface area contributed by atoms with Gasteiger partial charge in [-0.05, 0) is 42.8 Å². The van der Waals surface area contributed by atoms with Crippen LogP contribution in [0.15, 0.2) is 36.4 Å². The van der Waals surface area contributed by atoms with Crippen molar-refractivity contribution >= 4 is 23.2 Å². The van der Waals surface area contributed by atoms with Gasteiger partial charge < -0.3 is 14.8 Å². The molecule has 7 heteroatoms. The molecule has 0 aliphatic carbocycles. The molecule has 0 spiro atoms. The van der Waals surface area contributed by atoms with E-state index in [9.17, 15) is 13.6 Å². The number of benzene rings is 2. The monoisotopic (exact) mass is 341 g/mol. The van der Waals surface area contributed by atoms with Crippen molar-refractivity contribution in [1.82, 2.24) is 0 Å². The second-order valence-corrected chi connectivity index (χ2v) is 5.07. The number of methoxy groups -OCH3 is 1. The molecule has 0 fully saturated rings. The molecule has 1 N–H and O–H groups in total.